The van der Waals surface area contributed by atoms with Crippen LogP contribution >= 0.6 is 0 Å². The van der Waals surface area contributed by atoms with E-state index in [0.717, 1.165) is 11.5 Å². The number of rotatable bonds is 1. The molecule has 0 radical (unpaired) electrons. The zero-order chi connectivity index (χ0) is 9.97. The fourth-order valence-corrected chi connectivity index (χ4v) is 2.33. The Kier molecular flexibility index (Phi) is 2.71. The summed E-state index contributed by atoms with van der Waals surface area (Å²) >= 11 is 0. The molecule has 0 atom stereocenters. The average molecular weight is 191 g/mol. The third-order valence-electron chi connectivity index (χ3n) is 3.30. The molecule has 1 aliphatic carbocycles. The summed E-state index contributed by atoms with van der Waals surface area (Å²) < 4.78 is 0. The molecule has 1 saturated carbocycles. The van der Waals surface area contributed by atoms with Crippen LogP contribution in [0.15, 0.2) is 23.1 Å². The number of aromatic amines is 1. The molecule has 1 fully saturated rings. The van der Waals surface area contributed by atoms with E-state index in [1.807, 2.05) is 12.1 Å². The summed E-state index contributed by atoms with van der Waals surface area (Å²) in [6.45, 7) is 2.30. The van der Waals surface area contributed by atoms with E-state index in [4.69, 9.17) is 0 Å². The van der Waals surface area contributed by atoms with Crippen LogP contribution in [0, 0.1) is 5.92 Å². The number of hydrogen-bond acceptors (Lipinski definition) is 1. The van der Waals surface area contributed by atoms with E-state index in [1.54, 1.807) is 6.20 Å². The Morgan fingerprint density at radius 2 is 2.00 bits per heavy atom. The second-order valence-electron chi connectivity index (χ2n) is 4.41. The van der Waals surface area contributed by atoms with Gasteiger partial charge in [0.2, 0.25) is 0 Å². The van der Waals surface area contributed by atoms with E-state index in [-0.39, 0.29) is 5.56 Å². The van der Waals surface area contributed by atoms with Gasteiger partial charge in [0, 0.05) is 11.8 Å². The Hall–Kier alpha value is -1.05. The van der Waals surface area contributed by atoms with Gasteiger partial charge < -0.3 is 4.98 Å². The van der Waals surface area contributed by atoms with Crippen LogP contribution in [-0.2, 0) is 0 Å². The molecule has 2 nitrogen and oxygen atoms in total. The van der Waals surface area contributed by atoms with Gasteiger partial charge in [-0.2, -0.15) is 0 Å². The van der Waals surface area contributed by atoms with Crippen LogP contribution < -0.4 is 5.56 Å². The fraction of sp³-hybridized carbons (Fsp3) is 0.583. The van der Waals surface area contributed by atoms with Gasteiger partial charge in [-0.25, -0.2) is 0 Å². The summed E-state index contributed by atoms with van der Waals surface area (Å²) in [5.74, 6) is 1.34. The highest BCUT2D eigenvalue weighted by Crippen LogP contribution is 2.33. The molecule has 0 spiro atoms. The number of hydrogen-bond donors (Lipinski definition) is 1. The van der Waals surface area contributed by atoms with Crippen LogP contribution in [0.4, 0.5) is 0 Å². The Morgan fingerprint density at radius 1 is 1.29 bits per heavy atom. The molecule has 0 aliphatic heterocycles. The molecule has 1 heterocycles. The van der Waals surface area contributed by atoms with E-state index in [0.29, 0.717) is 5.92 Å². The van der Waals surface area contributed by atoms with Crippen molar-refractivity contribution in [2.75, 3.05) is 0 Å². The molecular weight excluding hydrogens is 174 g/mol. The summed E-state index contributed by atoms with van der Waals surface area (Å²) in [6, 6.07) is 3.90. The van der Waals surface area contributed by atoms with Crippen LogP contribution in [-0.4, -0.2) is 4.98 Å². The number of nitrogens with one attached hydrogen (secondary N) is 1. The lowest BCUT2D eigenvalue weighted by Crippen LogP contribution is -2.19. The van der Waals surface area contributed by atoms with E-state index in [1.165, 1.54) is 25.7 Å². The van der Waals surface area contributed by atoms with Gasteiger partial charge in [-0.15, -0.1) is 0 Å². The first-order chi connectivity index (χ1) is 6.77. The maximum absolute atomic E-state index is 11.5. The van der Waals surface area contributed by atoms with Crippen molar-refractivity contribution in [2.45, 2.75) is 38.5 Å². The van der Waals surface area contributed by atoms with Crippen molar-refractivity contribution in [2.24, 2.45) is 5.92 Å². The topological polar surface area (TPSA) is 32.9 Å². The van der Waals surface area contributed by atoms with Crippen molar-refractivity contribution >= 4 is 0 Å². The molecule has 76 valence electrons. The minimum absolute atomic E-state index is 0.104. The first-order valence-electron chi connectivity index (χ1n) is 5.45. The van der Waals surface area contributed by atoms with Crippen molar-refractivity contribution < 1.29 is 0 Å². The van der Waals surface area contributed by atoms with Gasteiger partial charge in [0.05, 0.1) is 0 Å². The molecule has 0 bridgehead atoms. The predicted molar refractivity (Wildman–Crippen MR) is 57.4 cm³/mol. The second-order valence-corrected chi connectivity index (χ2v) is 4.41. The van der Waals surface area contributed by atoms with Crippen LogP contribution in [0.5, 0.6) is 0 Å². The van der Waals surface area contributed by atoms with Crippen molar-refractivity contribution in [3.05, 3.63) is 34.2 Å². The lowest BCUT2D eigenvalue weighted by Gasteiger charge is -2.25. The number of H-pyrrole nitrogens is 1. The first-order valence-corrected chi connectivity index (χ1v) is 5.45. The van der Waals surface area contributed by atoms with Crippen LogP contribution in [0.3, 0.4) is 0 Å². The molecule has 0 aromatic carbocycles. The third kappa shape index (κ3) is 1.89. The molecule has 2 heteroatoms. The van der Waals surface area contributed by atoms with Gasteiger partial charge in [-0.05, 0) is 30.7 Å². The van der Waals surface area contributed by atoms with Crippen molar-refractivity contribution in [3.63, 3.8) is 0 Å². The van der Waals surface area contributed by atoms with E-state index >= 15 is 0 Å². The average Bonchev–Trinajstić information content (AvgIpc) is 2.20. The van der Waals surface area contributed by atoms with Crippen molar-refractivity contribution in [1.82, 2.24) is 4.98 Å². The second kappa shape index (κ2) is 3.99. The Morgan fingerprint density at radius 3 is 2.64 bits per heavy atom. The lowest BCUT2D eigenvalue weighted by molar-refractivity contribution is 0.346. The molecule has 0 unspecified atom stereocenters. The molecule has 1 N–H and O–H groups in total. The van der Waals surface area contributed by atoms with Gasteiger partial charge in [-0.1, -0.05) is 25.8 Å². The highest BCUT2D eigenvalue weighted by atomic mass is 16.1. The maximum atomic E-state index is 11.5. The Balaban J connectivity index is 2.16. The van der Waals surface area contributed by atoms with Gasteiger partial charge in [0.15, 0.2) is 0 Å². The Labute approximate surface area is 84.4 Å². The summed E-state index contributed by atoms with van der Waals surface area (Å²) in [6.07, 6.45) is 6.58. The molecule has 1 aromatic heterocycles. The first kappa shape index (κ1) is 9.50. The minimum atomic E-state index is 0.104. The lowest BCUT2D eigenvalue weighted by atomic mass is 9.80. The SMILES string of the molecule is CC1CCC(c2ccc[nH]c2=O)CC1. The quantitative estimate of drug-likeness (QED) is 0.727. The van der Waals surface area contributed by atoms with Gasteiger partial charge in [-0.3, -0.25) is 4.79 Å². The summed E-state index contributed by atoms with van der Waals surface area (Å²) in [7, 11) is 0. The molecule has 14 heavy (non-hydrogen) atoms. The Bertz CT molecular complexity index is 347. The van der Waals surface area contributed by atoms with E-state index in [2.05, 4.69) is 11.9 Å². The smallest absolute Gasteiger partial charge is 0.251 e. The van der Waals surface area contributed by atoms with Crippen LogP contribution in [0.2, 0.25) is 0 Å². The van der Waals surface area contributed by atoms with E-state index in [9.17, 15) is 4.79 Å². The summed E-state index contributed by atoms with van der Waals surface area (Å²) in [4.78, 5) is 14.3. The molecule has 2 rings (SSSR count). The molecule has 0 saturated heterocycles. The minimum Gasteiger partial charge on any atom is -0.329 e. The zero-order valence-corrected chi connectivity index (χ0v) is 8.62. The summed E-state index contributed by atoms with van der Waals surface area (Å²) in [5.41, 5.74) is 1.09. The number of aromatic nitrogens is 1. The predicted octanol–water partition coefficient (Wildman–Crippen LogP) is 2.67. The number of pyridine rings is 1. The van der Waals surface area contributed by atoms with Gasteiger partial charge in [0.1, 0.15) is 0 Å². The maximum Gasteiger partial charge on any atom is 0.251 e. The van der Waals surface area contributed by atoms with Crippen LogP contribution in [0.1, 0.15) is 44.1 Å². The van der Waals surface area contributed by atoms with Gasteiger partial charge in [0.25, 0.3) is 5.56 Å². The van der Waals surface area contributed by atoms with Gasteiger partial charge >= 0.3 is 0 Å². The third-order valence-corrected chi connectivity index (χ3v) is 3.30. The highest BCUT2D eigenvalue weighted by molar-refractivity contribution is 5.15. The van der Waals surface area contributed by atoms with Crippen molar-refractivity contribution in [1.29, 1.82) is 0 Å². The monoisotopic (exact) mass is 191 g/mol. The largest absolute Gasteiger partial charge is 0.329 e. The molecular formula is C12H17NO. The zero-order valence-electron chi connectivity index (χ0n) is 8.62. The normalized spacial score (nSPS) is 27.5. The fourth-order valence-electron chi connectivity index (χ4n) is 2.33. The van der Waals surface area contributed by atoms with Crippen LogP contribution in [0.25, 0.3) is 0 Å². The molecule has 0 amide bonds. The molecule has 1 aliphatic rings. The summed E-state index contributed by atoms with van der Waals surface area (Å²) in [5, 5.41) is 0. The van der Waals surface area contributed by atoms with Crippen molar-refractivity contribution in [3.8, 4) is 0 Å². The van der Waals surface area contributed by atoms with E-state index < -0.39 is 0 Å². The highest BCUT2D eigenvalue weighted by Gasteiger charge is 2.21. The molecule has 1 aromatic rings. The standard InChI is InChI=1S/C12H17NO/c1-9-4-6-10(7-5-9)11-3-2-8-13-12(11)14/h2-3,8-10H,4-7H2,1H3,(H,13,14).